The molecular formula is C13H31OP. The molecule has 1 nitrogen and oxygen atoms in total. The fourth-order valence-electron chi connectivity index (χ4n) is 1.35. The molecule has 0 aromatic carbocycles. The van der Waals surface area contributed by atoms with E-state index in [1.54, 1.807) is 0 Å². The summed E-state index contributed by atoms with van der Waals surface area (Å²) in [6.07, 6.45) is 7.19. The van der Waals surface area contributed by atoms with Gasteiger partial charge in [-0.1, -0.05) is 41.5 Å². The van der Waals surface area contributed by atoms with Gasteiger partial charge in [0.1, 0.15) is 5.78 Å². The van der Waals surface area contributed by atoms with Crippen LogP contribution in [0.3, 0.4) is 0 Å². The number of hydrogen-bond acceptors (Lipinski definition) is 1. The van der Waals surface area contributed by atoms with Crippen molar-refractivity contribution in [1.82, 2.24) is 0 Å². The Balaban J connectivity index is -0.000000845. The SMILES string of the molecule is C.C.[2H]CCCC(=O)C(C)CCCCCP. The van der Waals surface area contributed by atoms with E-state index in [0.717, 1.165) is 12.8 Å². The van der Waals surface area contributed by atoms with Crippen LogP contribution in [0.1, 0.15) is 68.6 Å². The Bertz CT molecular complexity index is 151. The average Bonchev–Trinajstić information content (AvgIpc) is 2.20. The van der Waals surface area contributed by atoms with Gasteiger partial charge in [0.2, 0.25) is 0 Å². The summed E-state index contributed by atoms with van der Waals surface area (Å²) in [5.74, 6) is 0.564. The van der Waals surface area contributed by atoms with Gasteiger partial charge in [-0.2, -0.15) is 0 Å². The van der Waals surface area contributed by atoms with Crippen LogP contribution in [0.25, 0.3) is 0 Å². The molecule has 94 valence electrons. The highest BCUT2D eigenvalue weighted by Gasteiger charge is 2.10. The number of Topliss-reactive ketones (excluding diaryl/α,β-unsaturated/α-hetero) is 1. The molecule has 0 aromatic rings. The van der Waals surface area contributed by atoms with Crippen molar-refractivity contribution in [1.29, 1.82) is 0 Å². The fraction of sp³-hybridized carbons (Fsp3) is 0.923. The molecule has 0 rings (SSSR count). The smallest absolute Gasteiger partial charge is 0.135 e. The van der Waals surface area contributed by atoms with Crippen molar-refractivity contribution < 1.29 is 6.17 Å². The van der Waals surface area contributed by atoms with E-state index in [2.05, 4.69) is 9.24 Å². The first-order valence-electron chi connectivity index (χ1n) is 5.95. The molecule has 0 aliphatic rings. The van der Waals surface area contributed by atoms with E-state index in [4.69, 9.17) is 1.37 Å². The van der Waals surface area contributed by atoms with Crippen LogP contribution < -0.4 is 0 Å². The van der Waals surface area contributed by atoms with Crippen LogP contribution in [-0.2, 0) is 4.79 Å². The zero-order chi connectivity index (χ0) is 10.8. The molecule has 0 spiro atoms. The van der Waals surface area contributed by atoms with Crippen LogP contribution in [0.15, 0.2) is 0 Å². The number of carbonyl (C=O) groups is 1. The van der Waals surface area contributed by atoms with Crippen LogP contribution >= 0.6 is 9.24 Å². The van der Waals surface area contributed by atoms with Crippen molar-refractivity contribution in [2.45, 2.75) is 67.2 Å². The van der Waals surface area contributed by atoms with E-state index in [1.807, 2.05) is 6.92 Å². The van der Waals surface area contributed by atoms with E-state index in [1.165, 1.54) is 25.4 Å². The minimum atomic E-state index is 0. The first-order chi connectivity index (χ1) is 6.72. The number of unbranched alkanes of at least 4 members (excludes halogenated alkanes) is 2. The average molecular weight is 235 g/mol. The summed E-state index contributed by atoms with van der Waals surface area (Å²) in [6, 6.07) is 0. The summed E-state index contributed by atoms with van der Waals surface area (Å²) in [6.45, 7) is 2.40. The van der Waals surface area contributed by atoms with Crippen LogP contribution in [0, 0.1) is 5.92 Å². The maximum atomic E-state index is 11.5. The largest absolute Gasteiger partial charge is 0.299 e. The first kappa shape index (κ1) is 17.5. The zero-order valence-electron chi connectivity index (χ0n) is 9.72. The van der Waals surface area contributed by atoms with Crippen LogP contribution in [0.4, 0.5) is 0 Å². The topological polar surface area (TPSA) is 17.1 Å². The summed E-state index contributed by atoms with van der Waals surface area (Å²) in [5.41, 5.74) is 0. The maximum absolute atomic E-state index is 11.5. The van der Waals surface area contributed by atoms with Crippen molar-refractivity contribution in [3.63, 3.8) is 0 Å². The Kier molecular flexibility index (Phi) is 16.4. The molecule has 15 heavy (non-hydrogen) atoms. The fourth-order valence-corrected chi connectivity index (χ4v) is 1.64. The molecule has 0 aliphatic heterocycles. The van der Waals surface area contributed by atoms with Gasteiger partial charge in [0.15, 0.2) is 0 Å². The molecule has 0 amide bonds. The maximum Gasteiger partial charge on any atom is 0.135 e. The number of hydrogen-bond donors (Lipinski definition) is 0. The van der Waals surface area contributed by atoms with Gasteiger partial charge >= 0.3 is 0 Å². The third-order valence-corrected chi connectivity index (χ3v) is 2.72. The lowest BCUT2D eigenvalue weighted by Gasteiger charge is -2.08. The predicted octanol–water partition coefficient (Wildman–Crippen LogP) is 4.70. The van der Waals surface area contributed by atoms with E-state index in [-0.39, 0.29) is 20.8 Å². The van der Waals surface area contributed by atoms with E-state index >= 15 is 0 Å². The van der Waals surface area contributed by atoms with E-state index < -0.39 is 0 Å². The molecule has 0 bridgehead atoms. The molecule has 2 unspecified atom stereocenters. The van der Waals surface area contributed by atoms with Crippen molar-refractivity contribution in [3.05, 3.63) is 0 Å². The van der Waals surface area contributed by atoms with Gasteiger partial charge < -0.3 is 0 Å². The summed E-state index contributed by atoms with van der Waals surface area (Å²) in [4.78, 5) is 11.5. The third kappa shape index (κ3) is 12.0. The minimum Gasteiger partial charge on any atom is -0.299 e. The van der Waals surface area contributed by atoms with Gasteiger partial charge in [-0.25, -0.2) is 0 Å². The van der Waals surface area contributed by atoms with Crippen molar-refractivity contribution in [2.75, 3.05) is 6.16 Å². The molecule has 0 radical (unpaired) electrons. The van der Waals surface area contributed by atoms with Crippen LogP contribution in [0.5, 0.6) is 0 Å². The van der Waals surface area contributed by atoms with Gasteiger partial charge in [-0.05, 0) is 25.4 Å². The summed E-state index contributed by atoms with van der Waals surface area (Å²) >= 11 is 0. The van der Waals surface area contributed by atoms with Gasteiger partial charge in [0.05, 0.1) is 0 Å². The second kappa shape index (κ2) is 14.1. The van der Waals surface area contributed by atoms with Gasteiger partial charge in [-0.3, -0.25) is 4.79 Å². The highest BCUT2D eigenvalue weighted by Crippen LogP contribution is 2.13. The second-order valence-electron chi connectivity index (χ2n) is 3.61. The number of rotatable bonds is 8. The molecule has 2 atom stereocenters. The molecule has 0 aliphatic carbocycles. The Morgan fingerprint density at radius 2 is 2.00 bits per heavy atom. The molecule has 2 heteroatoms. The Morgan fingerprint density at radius 3 is 2.53 bits per heavy atom. The lowest BCUT2D eigenvalue weighted by Crippen LogP contribution is -2.10. The monoisotopic (exact) mass is 235 g/mol. The Morgan fingerprint density at radius 1 is 1.33 bits per heavy atom. The first-order valence-corrected chi connectivity index (χ1v) is 6.06. The Hall–Kier alpha value is 0.100. The second-order valence-corrected chi connectivity index (χ2v) is 4.19. The van der Waals surface area contributed by atoms with E-state index in [0.29, 0.717) is 19.1 Å². The molecular weight excluding hydrogens is 203 g/mol. The number of carbonyl (C=O) groups excluding carboxylic acids is 1. The zero-order valence-corrected chi connectivity index (χ0v) is 9.87. The lowest BCUT2D eigenvalue weighted by atomic mass is 9.96. The quantitative estimate of drug-likeness (QED) is 0.440. The van der Waals surface area contributed by atoms with E-state index in [9.17, 15) is 4.79 Å². The highest BCUT2D eigenvalue weighted by atomic mass is 31.0. The molecule has 0 heterocycles. The van der Waals surface area contributed by atoms with Crippen LogP contribution in [0.2, 0.25) is 0 Å². The van der Waals surface area contributed by atoms with Crippen LogP contribution in [-0.4, -0.2) is 11.9 Å². The normalized spacial score (nSPS) is 12.0. The summed E-state index contributed by atoms with van der Waals surface area (Å²) in [7, 11) is 2.73. The van der Waals surface area contributed by atoms with Gasteiger partial charge in [0, 0.05) is 13.7 Å². The molecule has 0 saturated carbocycles. The predicted molar refractivity (Wildman–Crippen MR) is 75.6 cm³/mol. The highest BCUT2D eigenvalue weighted by molar-refractivity contribution is 7.16. The molecule has 0 aromatic heterocycles. The third-order valence-electron chi connectivity index (χ3n) is 2.31. The summed E-state index contributed by atoms with van der Waals surface area (Å²) in [5, 5.41) is 0. The van der Waals surface area contributed by atoms with Crippen molar-refractivity contribution >= 4 is 15.0 Å². The number of ketones is 1. The van der Waals surface area contributed by atoms with Gasteiger partial charge in [0.25, 0.3) is 0 Å². The standard InChI is InChI=1S/C11H23OP.2CH4/c1-3-7-11(12)10(2)8-5-4-6-9-13;;/h10H,3-9,13H2,1-2H3;2*1H4/i1D;;. The summed E-state index contributed by atoms with van der Waals surface area (Å²) < 4.78 is 6.98. The Labute approximate surface area is 101 Å². The molecule has 0 saturated heterocycles. The minimum absolute atomic E-state index is 0. The van der Waals surface area contributed by atoms with Gasteiger partial charge in [-0.15, -0.1) is 9.24 Å². The molecule has 0 N–H and O–H groups in total. The lowest BCUT2D eigenvalue weighted by molar-refractivity contribution is -0.122. The molecule has 0 fully saturated rings. The van der Waals surface area contributed by atoms with Crippen molar-refractivity contribution in [2.24, 2.45) is 5.92 Å². The van der Waals surface area contributed by atoms with Crippen molar-refractivity contribution in [3.8, 4) is 0 Å².